The van der Waals surface area contributed by atoms with Crippen molar-refractivity contribution in [2.45, 2.75) is 70.4 Å². The van der Waals surface area contributed by atoms with Gasteiger partial charge in [-0.2, -0.15) is 0 Å². The minimum absolute atomic E-state index is 0.115. The van der Waals surface area contributed by atoms with Crippen LogP contribution >= 0.6 is 0 Å². The Morgan fingerprint density at radius 3 is 2.65 bits per heavy atom. The number of fused-ring (bicyclic) bond motifs is 2. The summed E-state index contributed by atoms with van der Waals surface area (Å²) in [6.07, 6.45) is 5.74. The van der Waals surface area contributed by atoms with Crippen LogP contribution in [-0.2, 0) is 9.47 Å². The van der Waals surface area contributed by atoms with Crippen molar-refractivity contribution < 1.29 is 9.47 Å². The topological polar surface area (TPSA) is 21.8 Å². The first-order valence-electron chi connectivity index (χ1n) is 6.92. The van der Waals surface area contributed by atoms with Gasteiger partial charge >= 0.3 is 0 Å². The standard InChI is InChI=1S/C15H22O2/c1-9-5-6-10-13(2,3)15(9)8-11-14(4,17-11)7-12(15)16-10/h10-12H,1,5-8H2,2-4H3/t10-,11+,12-,14-,15-/m0/s1. The van der Waals surface area contributed by atoms with Crippen LogP contribution in [0.1, 0.15) is 46.5 Å². The van der Waals surface area contributed by atoms with Crippen molar-refractivity contribution >= 4 is 0 Å². The second kappa shape index (κ2) is 2.65. The summed E-state index contributed by atoms with van der Waals surface area (Å²) in [4.78, 5) is 0. The van der Waals surface area contributed by atoms with Crippen LogP contribution in [0.3, 0.4) is 0 Å². The van der Waals surface area contributed by atoms with Gasteiger partial charge in [-0.05, 0) is 26.2 Å². The van der Waals surface area contributed by atoms with E-state index in [4.69, 9.17) is 9.47 Å². The van der Waals surface area contributed by atoms with Gasteiger partial charge in [-0.15, -0.1) is 0 Å². The van der Waals surface area contributed by atoms with Gasteiger partial charge in [-0.25, -0.2) is 0 Å². The molecule has 2 bridgehead atoms. The average Bonchev–Trinajstić information content (AvgIpc) is 2.86. The molecule has 94 valence electrons. The maximum atomic E-state index is 6.39. The molecule has 2 aliphatic heterocycles. The van der Waals surface area contributed by atoms with Crippen molar-refractivity contribution in [2.75, 3.05) is 0 Å². The van der Waals surface area contributed by atoms with E-state index >= 15 is 0 Å². The Kier molecular flexibility index (Phi) is 1.65. The summed E-state index contributed by atoms with van der Waals surface area (Å²) >= 11 is 0. The number of epoxide rings is 1. The molecular formula is C15H22O2. The molecule has 4 fully saturated rings. The molecule has 0 aromatic rings. The number of hydrogen-bond acceptors (Lipinski definition) is 2. The minimum Gasteiger partial charge on any atom is -0.373 e. The van der Waals surface area contributed by atoms with Crippen LogP contribution in [0, 0.1) is 10.8 Å². The Labute approximate surface area is 103 Å². The molecule has 2 saturated heterocycles. The van der Waals surface area contributed by atoms with E-state index in [2.05, 4.69) is 27.4 Å². The smallest absolute Gasteiger partial charge is 0.0945 e. The summed E-state index contributed by atoms with van der Waals surface area (Å²) in [6.45, 7) is 11.4. The molecule has 2 aliphatic carbocycles. The molecule has 2 nitrogen and oxygen atoms in total. The second-order valence-electron chi connectivity index (χ2n) is 7.28. The molecule has 2 heteroatoms. The van der Waals surface area contributed by atoms with E-state index in [1.54, 1.807) is 0 Å². The zero-order valence-electron chi connectivity index (χ0n) is 11.1. The lowest BCUT2D eigenvalue weighted by Gasteiger charge is -2.51. The normalized spacial score (nSPS) is 58.5. The summed E-state index contributed by atoms with van der Waals surface area (Å²) < 4.78 is 12.3. The predicted octanol–water partition coefficient (Wildman–Crippen LogP) is 3.07. The van der Waals surface area contributed by atoms with Gasteiger partial charge in [0.25, 0.3) is 0 Å². The molecule has 0 amide bonds. The molecule has 0 aromatic heterocycles. The Hall–Kier alpha value is -0.340. The van der Waals surface area contributed by atoms with Gasteiger partial charge in [-0.3, -0.25) is 0 Å². The molecule has 0 N–H and O–H groups in total. The highest BCUT2D eigenvalue weighted by molar-refractivity contribution is 5.32. The highest BCUT2D eigenvalue weighted by Crippen LogP contribution is 2.70. The minimum atomic E-state index is 0.115. The lowest BCUT2D eigenvalue weighted by atomic mass is 9.50. The first kappa shape index (κ1) is 10.6. The molecule has 0 radical (unpaired) electrons. The Balaban J connectivity index is 1.84. The zero-order chi connectivity index (χ0) is 12.1. The summed E-state index contributed by atoms with van der Waals surface area (Å²) in [5.41, 5.74) is 1.97. The lowest BCUT2D eigenvalue weighted by molar-refractivity contribution is 0.00124. The third kappa shape index (κ3) is 0.978. The summed E-state index contributed by atoms with van der Waals surface area (Å²) in [6, 6.07) is 0. The molecule has 0 aromatic carbocycles. The van der Waals surface area contributed by atoms with Crippen molar-refractivity contribution in [3.8, 4) is 0 Å². The number of hydrogen-bond donors (Lipinski definition) is 0. The van der Waals surface area contributed by atoms with Crippen LogP contribution in [-0.4, -0.2) is 23.9 Å². The van der Waals surface area contributed by atoms with Crippen molar-refractivity contribution in [1.29, 1.82) is 0 Å². The summed E-state index contributed by atoms with van der Waals surface area (Å²) in [5.74, 6) is 0. The van der Waals surface area contributed by atoms with E-state index in [0.29, 0.717) is 18.3 Å². The van der Waals surface area contributed by atoms with E-state index in [9.17, 15) is 0 Å². The van der Waals surface area contributed by atoms with Crippen LogP contribution in [0.5, 0.6) is 0 Å². The summed E-state index contributed by atoms with van der Waals surface area (Å²) in [5, 5.41) is 0. The van der Waals surface area contributed by atoms with Crippen molar-refractivity contribution in [3.05, 3.63) is 12.2 Å². The first-order valence-corrected chi connectivity index (χ1v) is 6.92. The highest BCUT2D eigenvalue weighted by Gasteiger charge is 2.73. The molecule has 4 aliphatic rings. The monoisotopic (exact) mass is 234 g/mol. The van der Waals surface area contributed by atoms with E-state index in [1.807, 2.05) is 0 Å². The van der Waals surface area contributed by atoms with E-state index in [0.717, 1.165) is 25.7 Å². The van der Waals surface area contributed by atoms with E-state index < -0.39 is 0 Å². The molecule has 17 heavy (non-hydrogen) atoms. The van der Waals surface area contributed by atoms with Gasteiger partial charge < -0.3 is 9.47 Å². The van der Waals surface area contributed by atoms with Crippen molar-refractivity contribution in [1.82, 2.24) is 0 Å². The van der Waals surface area contributed by atoms with Crippen LogP contribution < -0.4 is 0 Å². The third-order valence-corrected chi connectivity index (χ3v) is 6.31. The summed E-state index contributed by atoms with van der Waals surface area (Å²) in [7, 11) is 0. The van der Waals surface area contributed by atoms with Crippen molar-refractivity contribution in [3.63, 3.8) is 0 Å². The fraction of sp³-hybridized carbons (Fsp3) is 0.867. The predicted molar refractivity (Wildman–Crippen MR) is 65.8 cm³/mol. The molecule has 5 atom stereocenters. The molecule has 0 unspecified atom stereocenters. The van der Waals surface area contributed by atoms with E-state index in [-0.39, 0.29) is 16.4 Å². The lowest BCUT2D eigenvalue weighted by Crippen LogP contribution is -2.51. The quantitative estimate of drug-likeness (QED) is 0.474. The second-order valence-corrected chi connectivity index (χ2v) is 7.28. The highest BCUT2D eigenvalue weighted by atomic mass is 16.6. The maximum Gasteiger partial charge on any atom is 0.0945 e. The Morgan fingerprint density at radius 2 is 1.88 bits per heavy atom. The maximum absolute atomic E-state index is 6.39. The largest absolute Gasteiger partial charge is 0.373 e. The zero-order valence-corrected chi connectivity index (χ0v) is 11.1. The Morgan fingerprint density at radius 1 is 1.12 bits per heavy atom. The fourth-order valence-electron chi connectivity index (χ4n) is 4.98. The first-order chi connectivity index (χ1) is 7.90. The van der Waals surface area contributed by atoms with Crippen LogP contribution in [0.25, 0.3) is 0 Å². The Bertz CT molecular complexity index is 413. The molecule has 1 spiro atoms. The van der Waals surface area contributed by atoms with Crippen LogP contribution in [0.2, 0.25) is 0 Å². The van der Waals surface area contributed by atoms with Gasteiger partial charge in [0, 0.05) is 17.3 Å². The molecular weight excluding hydrogens is 212 g/mol. The molecule has 2 heterocycles. The van der Waals surface area contributed by atoms with Crippen LogP contribution in [0.15, 0.2) is 12.2 Å². The molecule has 2 saturated carbocycles. The number of ether oxygens (including phenoxy) is 2. The van der Waals surface area contributed by atoms with Gasteiger partial charge in [0.1, 0.15) is 0 Å². The fourth-order valence-corrected chi connectivity index (χ4v) is 4.98. The third-order valence-electron chi connectivity index (χ3n) is 6.31. The van der Waals surface area contributed by atoms with Gasteiger partial charge in [0.05, 0.1) is 23.9 Å². The van der Waals surface area contributed by atoms with Gasteiger partial charge in [-0.1, -0.05) is 26.0 Å². The average molecular weight is 234 g/mol. The van der Waals surface area contributed by atoms with Crippen molar-refractivity contribution in [2.24, 2.45) is 10.8 Å². The van der Waals surface area contributed by atoms with E-state index in [1.165, 1.54) is 5.57 Å². The molecule has 4 rings (SSSR count). The van der Waals surface area contributed by atoms with Gasteiger partial charge in [0.2, 0.25) is 0 Å². The number of rotatable bonds is 0. The van der Waals surface area contributed by atoms with Crippen LogP contribution in [0.4, 0.5) is 0 Å². The van der Waals surface area contributed by atoms with Gasteiger partial charge in [0.15, 0.2) is 0 Å². The SMILES string of the molecule is C=C1CC[C@@H]2O[C@H]3C[C@]4(C)O[C@@H]4C[C@]13C2(C)C.